The minimum absolute atomic E-state index is 0.217. The fourth-order valence-corrected chi connectivity index (χ4v) is 1.88. The van der Waals surface area contributed by atoms with E-state index in [9.17, 15) is 13.2 Å². The third-order valence-electron chi connectivity index (χ3n) is 2.71. The molecule has 0 radical (unpaired) electrons. The number of hydrogen-bond acceptors (Lipinski definition) is 1. The first kappa shape index (κ1) is 14.1. The van der Waals surface area contributed by atoms with Crippen LogP contribution in [0.4, 0.5) is 13.2 Å². The van der Waals surface area contributed by atoms with Crippen molar-refractivity contribution in [2.24, 2.45) is 4.99 Å². The summed E-state index contributed by atoms with van der Waals surface area (Å²) in [7, 11) is 0. The Morgan fingerprint density at radius 3 is 2.47 bits per heavy atom. The molecule has 0 unspecified atom stereocenters. The number of rotatable bonds is 4. The largest absolute Gasteiger partial charge is 0.390 e. The number of guanidine groups is 1. The van der Waals surface area contributed by atoms with E-state index in [1.807, 2.05) is 6.92 Å². The van der Waals surface area contributed by atoms with Gasteiger partial charge >= 0.3 is 6.18 Å². The van der Waals surface area contributed by atoms with Gasteiger partial charge in [0.25, 0.3) is 0 Å². The number of nitrogens with zero attached hydrogens (tertiary/aromatic N) is 1. The summed E-state index contributed by atoms with van der Waals surface area (Å²) in [4.78, 5) is 3.94. The van der Waals surface area contributed by atoms with Gasteiger partial charge in [-0.15, -0.1) is 0 Å². The van der Waals surface area contributed by atoms with Gasteiger partial charge in [0.2, 0.25) is 0 Å². The Morgan fingerprint density at radius 1 is 1.29 bits per heavy atom. The maximum Gasteiger partial charge on any atom is 0.390 e. The fraction of sp³-hybridized carbons (Fsp3) is 0.909. The monoisotopic (exact) mass is 251 g/mol. The van der Waals surface area contributed by atoms with Crippen molar-refractivity contribution < 1.29 is 13.2 Å². The van der Waals surface area contributed by atoms with E-state index in [2.05, 4.69) is 15.6 Å². The Morgan fingerprint density at radius 2 is 1.94 bits per heavy atom. The van der Waals surface area contributed by atoms with E-state index in [4.69, 9.17) is 0 Å². The molecule has 0 bridgehead atoms. The van der Waals surface area contributed by atoms with Crippen molar-refractivity contribution in [1.82, 2.24) is 10.6 Å². The average molecular weight is 251 g/mol. The summed E-state index contributed by atoms with van der Waals surface area (Å²) in [6, 6.07) is 0.360. The highest BCUT2D eigenvalue weighted by Crippen LogP contribution is 2.19. The SMILES string of the molecule is CCNC(=NCCC(F)(F)F)NC1CCCC1. The molecule has 100 valence electrons. The molecule has 0 atom stereocenters. The lowest BCUT2D eigenvalue weighted by atomic mass is 10.2. The van der Waals surface area contributed by atoms with Crippen LogP contribution in [0.1, 0.15) is 39.0 Å². The Balaban J connectivity index is 2.37. The molecule has 0 amide bonds. The van der Waals surface area contributed by atoms with E-state index in [0.29, 0.717) is 18.5 Å². The van der Waals surface area contributed by atoms with Crippen molar-refractivity contribution >= 4 is 5.96 Å². The van der Waals surface area contributed by atoms with Gasteiger partial charge < -0.3 is 10.6 Å². The van der Waals surface area contributed by atoms with Gasteiger partial charge in [-0.2, -0.15) is 13.2 Å². The van der Waals surface area contributed by atoms with Crippen LogP contribution in [0.2, 0.25) is 0 Å². The van der Waals surface area contributed by atoms with Crippen LogP contribution >= 0.6 is 0 Å². The zero-order chi connectivity index (χ0) is 12.7. The maximum atomic E-state index is 12.0. The van der Waals surface area contributed by atoms with Gasteiger partial charge in [0.1, 0.15) is 0 Å². The molecule has 0 spiro atoms. The standard InChI is InChI=1S/C11H20F3N3/c1-2-15-10(16-8-7-11(12,13)14)17-9-5-3-4-6-9/h9H,2-8H2,1H3,(H2,15,16,17). The topological polar surface area (TPSA) is 36.4 Å². The summed E-state index contributed by atoms with van der Waals surface area (Å²) in [5.41, 5.74) is 0. The second-order valence-corrected chi connectivity index (χ2v) is 4.25. The molecule has 0 heterocycles. The Bertz CT molecular complexity index is 245. The molecule has 0 aromatic heterocycles. The van der Waals surface area contributed by atoms with E-state index >= 15 is 0 Å². The van der Waals surface area contributed by atoms with E-state index in [1.54, 1.807) is 0 Å². The molecule has 0 aliphatic heterocycles. The van der Waals surface area contributed by atoms with Crippen LogP contribution in [0.25, 0.3) is 0 Å². The van der Waals surface area contributed by atoms with Gasteiger partial charge in [-0.1, -0.05) is 12.8 Å². The maximum absolute atomic E-state index is 12.0. The van der Waals surface area contributed by atoms with Crippen LogP contribution in [-0.4, -0.2) is 31.3 Å². The highest BCUT2D eigenvalue weighted by Gasteiger charge is 2.26. The molecular formula is C11H20F3N3. The predicted molar refractivity (Wildman–Crippen MR) is 62.0 cm³/mol. The summed E-state index contributed by atoms with van der Waals surface area (Å²) in [5, 5.41) is 6.14. The van der Waals surface area contributed by atoms with Crippen molar-refractivity contribution in [1.29, 1.82) is 0 Å². The quantitative estimate of drug-likeness (QED) is 0.594. The zero-order valence-electron chi connectivity index (χ0n) is 10.1. The van der Waals surface area contributed by atoms with Crippen molar-refractivity contribution in [3.63, 3.8) is 0 Å². The lowest BCUT2D eigenvalue weighted by Gasteiger charge is -2.16. The minimum atomic E-state index is -4.13. The smallest absolute Gasteiger partial charge is 0.357 e. The number of halogens is 3. The summed E-state index contributed by atoms with van der Waals surface area (Å²) in [6.45, 7) is 2.34. The van der Waals surface area contributed by atoms with Crippen LogP contribution in [0.3, 0.4) is 0 Å². The predicted octanol–water partition coefficient (Wildman–Crippen LogP) is 2.44. The van der Waals surface area contributed by atoms with Crippen molar-refractivity contribution in [3.05, 3.63) is 0 Å². The second kappa shape index (κ2) is 6.71. The molecule has 1 aliphatic carbocycles. The van der Waals surface area contributed by atoms with Crippen molar-refractivity contribution in [3.8, 4) is 0 Å². The highest BCUT2D eigenvalue weighted by molar-refractivity contribution is 5.80. The van der Waals surface area contributed by atoms with Crippen molar-refractivity contribution in [2.75, 3.05) is 13.1 Å². The van der Waals surface area contributed by atoms with Crippen molar-refractivity contribution in [2.45, 2.75) is 51.2 Å². The summed E-state index contributed by atoms with van der Waals surface area (Å²) in [5.74, 6) is 0.503. The molecule has 0 aromatic rings. The van der Waals surface area contributed by atoms with Gasteiger partial charge in [-0.25, -0.2) is 0 Å². The van der Waals surface area contributed by atoms with E-state index in [1.165, 1.54) is 12.8 Å². The Labute approximate surface area is 99.9 Å². The molecule has 2 N–H and O–H groups in total. The first-order chi connectivity index (χ1) is 8.01. The number of nitrogens with one attached hydrogen (secondary N) is 2. The first-order valence-corrected chi connectivity index (χ1v) is 6.13. The molecule has 1 fully saturated rings. The molecule has 3 nitrogen and oxygen atoms in total. The number of alkyl halides is 3. The van der Waals surface area contributed by atoms with E-state index in [0.717, 1.165) is 12.8 Å². The average Bonchev–Trinajstić information content (AvgIpc) is 2.68. The van der Waals surface area contributed by atoms with Gasteiger partial charge in [0.05, 0.1) is 13.0 Å². The van der Waals surface area contributed by atoms with Crippen LogP contribution in [0, 0.1) is 0 Å². The first-order valence-electron chi connectivity index (χ1n) is 6.13. The van der Waals surface area contributed by atoms with Crippen LogP contribution in [-0.2, 0) is 0 Å². The third-order valence-corrected chi connectivity index (χ3v) is 2.71. The lowest BCUT2D eigenvalue weighted by molar-refractivity contribution is -0.132. The fourth-order valence-electron chi connectivity index (χ4n) is 1.88. The van der Waals surface area contributed by atoms with Gasteiger partial charge in [-0.05, 0) is 19.8 Å². The normalized spacial score (nSPS) is 18.5. The molecule has 1 rings (SSSR count). The highest BCUT2D eigenvalue weighted by atomic mass is 19.4. The van der Waals surface area contributed by atoms with Gasteiger partial charge in [0.15, 0.2) is 5.96 Å². The molecule has 0 saturated heterocycles. The Kier molecular flexibility index (Phi) is 5.58. The van der Waals surface area contributed by atoms with E-state index in [-0.39, 0.29) is 6.54 Å². The number of hydrogen-bond donors (Lipinski definition) is 2. The van der Waals surface area contributed by atoms with Crippen LogP contribution in [0.5, 0.6) is 0 Å². The summed E-state index contributed by atoms with van der Waals surface area (Å²) >= 11 is 0. The molecule has 6 heteroatoms. The minimum Gasteiger partial charge on any atom is -0.357 e. The molecule has 17 heavy (non-hydrogen) atoms. The molecular weight excluding hydrogens is 231 g/mol. The summed E-state index contributed by atoms with van der Waals surface area (Å²) < 4.78 is 36.0. The zero-order valence-corrected chi connectivity index (χ0v) is 10.1. The lowest BCUT2D eigenvalue weighted by Crippen LogP contribution is -2.42. The second-order valence-electron chi connectivity index (χ2n) is 4.25. The third kappa shape index (κ3) is 6.38. The summed E-state index contributed by atoms with van der Waals surface area (Å²) in [6.07, 6.45) is -0.491. The van der Waals surface area contributed by atoms with E-state index < -0.39 is 12.6 Å². The van der Waals surface area contributed by atoms with Gasteiger partial charge in [-0.3, -0.25) is 4.99 Å². The molecule has 0 aromatic carbocycles. The number of aliphatic imine (C=N–C) groups is 1. The van der Waals surface area contributed by atoms with Crippen LogP contribution in [0.15, 0.2) is 4.99 Å². The molecule has 1 saturated carbocycles. The Hall–Kier alpha value is -0.940. The van der Waals surface area contributed by atoms with Gasteiger partial charge in [0, 0.05) is 12.6 Å². The molecule has 1 aliphatic rings. The van der Waals surface area contributed by atoms with Crippen LogP contribution < -0.4 is 10.6 Å².